The van der Waals surface area contributed by atoms with Gasteiger partial charge in [0.1, 0.15) is 0 Å². The molecule has 0 bridgehead atoms. The summed E-state index contributed by atoms with van der Waals surface area (Å²) >= 11 is -5.75. The number of hydrogen-bond acceptors (Lipinski definition) is 14. The summed E-state index contributed by atoms with van der Waals surface area (Å²) in [4.78, 5) is 0. The first-order chi connectivity index (χ1) is 26.5. The maximum absolute atomic E-state index is 8.59. The van der Waals surface area contributed by atoms with Gasteiger partial charge in [0, 0.05) is 0 Å². The van der Waals surface area contributed by atoms with Crippen LogP contribution < -0.4 is 19.8 Å². The molecule has 0 aromatic rings. The van der Waals surface area contributed by atoms with Crippen LogP contribution in [0.4, 0.5) is 0 Å². The average molecular weight is 839 g/mol. The summed E-state index contributed by atoms with van der Waals surface area (Å²) < 4.78 is 54.2. The zero-order valence-electron chi connectivity index (χ0n) is 36.2. The van der Waals surface area contributed by atoms with Gasteiger partial charge < -0.3 is 27.9 Å². The summed E-state index contributed by atoms with van der Waals surface area (Å²) in [7, 11) is 0. The molecule has 0 fully saturated rings. The van der Waals surface area contributed by atoms with Crippen LogP contribution >= 0.6 is 0 Å². The molecule has 17 heteroatoms. The Balaban J connectivity index is -0.000000340. The van der Waals surface area contributed by atoms with E-state index in [9.17, 15) is 0 Å². The third-order valence-corrected chi connectivity index (χ3v) is 9.45. The molecule has 1 atom stereocenters. The minimum atomic E-state index is -5.75. The van der Waals surface area contributed by atoms with Crippen molar-refractivity contribution in [1.82, 2.24) is 0 Å². The SMILES string of the molecule is CCCC[N+](CCCC)(CCCC)CCCC.CCCC[N+](CCCC)(CCCC)CCCC.N#COCC(N)(OC#N)C(N)(OC#N)OC#N.[O]=[Cr](=[O])([O-])[O-]. The van der Waals surface area contributed by atoms with E-state index in [1.807, 2.05) is 0 Å². The average Bonchev–Trinajstić information content (AvgIpc) is 3.16. The Morgan fingerprint density at radius 3 is 0.857 bits per heavy atom. The van der Waals surface area contributed by atoms with E-state index < -0.39 is 31.9 Å². The Hall–Kier alpha value is -2.95. The molecular weight excluding hydrogens is 760 g/mol. The number of quaternary nitrogens is 2. The van der Waals surface area contributed by atoms with Gasteiger partial charge in [0.15, 0.2) is 6.61 Å². The Kier molecular flexibility index (Phi) is 40.1. The Morgan fingerprint density at radius 2 is 0.696 bits per heavy atom. The van der Waals surface area contributed by atoms with Crippen molar-refractivity contribution in [3.63, 3.8) is 0 Å². The minimum absolute atomic E-state index is 0.781. The predicted octanol–water partition coefficient (Wildman–Crippen LogP) is 5.63. The molecule has 0 aliphatic rings. The van der Waals surface area contributed by atoms with E-state index in [0.29, 0.717) is 0 Å². The first-order valence-electron chi connectivity index (χ1n) is 20.6. The van der Waals surface area contributed by atoms with Gasteiger partial charge in [0.2, 0.25) is 0 Å². The Morgan fingerprint density at radius 1 is 0.482 bits per heavy atom. The van der Waals surface area contributed by atoms with E-state index >= 15 is 0 Å². The first kappa shape index (κ1) is 59.7. The molecule has 0 aromatic heterocycles. The third kappa shape index (κ3) is 32.2. The van der Waals surface area contributed by atoms with E-state index in [4.69, 9.17) is 48.4 Å². The summed E-state index contributed by atoms with van der Waals surface area (Å²) in [6.45, 7) is 29.3. The van der Waals surface area contributed by atoms with Gasteiger partial charge in [-0.1, -0.05) is 107 Å². The molecule has 0 saturated carbocycles. The molecule has 328 valence electrons. The molecule has 0 heterocycles. The van der Waals surface area contributed by atoms with Crippen molar-refractivity contribution in [2.45, 2.75) is 170 Å². The second-order valence-electron chi connectivity index (χ2n) is 14.2. The Bertz CT molecular complexity index is 1070. The van der Waals surface area contributed by atoms with Crippen LogP contribution in [0.3, 0.4) is 0 Å². The van der Waals surface area contributed by atoms with Crippen molar-refractivity contribution in [3.05, 3.63) is 0 Å². The molecule has 56 heavy (non-hydrogen) atoms. The normalized spacial score (nSPS) is 12.1. The van der Waals surface area contributed by atoms with Gasteiger partial charge >= 0.3 is 41.2 Å². The zero-order chi connectivity index (χ0) is 43.8. The quantitative estimate of drug-likeness (QED) is 0.0504. The van der Waals surface area contributed by atoms with Crippen molar-refractivity contribution in [1.29, 1.82) is 21.0 Å². The summed E-state index contributed by atoms with van der Waals surface area (Å²) in [5, 5.41) is 33.3. The van der Waals surface area contributed by atoms with E-state index in [1.54, 1.807) is 0 Å². The van der Waals surface area contributed by atoms with Crippen LogP contribution in [0.25, 0.3) is 0 Å². The number of nitrogens with zero attached hydrogens (tertiary/aromatic N) is 6. The molecule has 0 rings (SSSR count). The number of nitrogens with two attached hydrogens (primary N) is 2. The Labute approximate surface area is 342 Å². The fourth-order valence-electron chi connectivity index (χ4n) is 6.04. The number of nitriles is 4. The molecule has 1 unspecified atom stereocenters. The van der Waals surface area contributed by atoms with E-state index in [1.165, 1.54) is 177 Å². The van der Waals surface area contributed by atoms with Crippen LogP contribution in [0, 0.1) is 46.1 Å². The van der Waals surface area contributed by atoms with Gasteiger partial charge in [0.05, 0.1) is 52.4 Å². The van der Waals surface area contributed by atoms with Gasteiger partial charge in [-0.2, -0.15) is 21.0 Å². The third-order valence-electron chi connectivity index (χ3n) is 9.45. The summed E-state index contributed by atoms with van der Waals surface area (Å²) in [5.41, 5.74) is 8.43. The number of ether oxygens (including phenoxy) is 4. The standard InChI is InChI=1S/2C16H36N.C7H6N6O4.Cr.4O/c2*1-5-9-13-17(14-10-6-2,15-11-7-3)16-12-8-4;8-2-14-1-6(12,15-3-9)7(13,16-4-10)17-5-11;;;;;/h2*5-16H2,1-4H3;1,12-13H2;;;;;/q2*+1;;;;;2*-1. The van der Waals surface area contributed by atoms with Crippen LogP contribution in [0.15, 0.2) is 0 Å². The van der Waals surface area contributed by atoms with Gasteiger partial charge in [0.25, 0.3) is 25.0 Å². The van der Waals surface area contributed by atoms with Crippen LogP contribution in [-0.2, 0) is 40.2 Å². The second kappa shape index (κ2) is 37.6. The van der Waals surface area contributed by atoms with Crippen molar-refractivity contribution in [2.75, 3.05) is 59.0 Å². The molecule has 0 aliphatic heterocycles. The van der Waals surface area contributed by atoms with E-state index in [2.05, 4.69) is 74.3 Å². The van der Waals surface area contributed by atoms with Crippen molar-refractivity contribution >= 4 is 0 Å². The summed E-state index contributed by atoms with van der Waals surface area (Å²) in [6, 6.07) is 0. The van der Waals surface area contributed by atoms with Gasteiger partial charge in [-0.25, -0.2) is 0 Å². The van der Waals surface area contributed by atoms with E-state index in [0.717, 1.165) is 12.5 Å². The fourth-order valence-corrected chi connectivity index (χ4v) is 6.04. The first-order valence-corrected chi connectivity index (χ1v) is 22.7. The second-order valence-corrected chi connectivity index (χ2v) is 15.5. The summed E-state index contributed by atoms with van der Waals surface area (Å²) in [5.74, 6) is -2.61. The van der Waals surface area contributed by atoms with Gasteiger partial charge in [-0.15, -0.1) is 0 Å². The summed E-state index contributed by atoms with van der Waals surface area (Å²) in [6.07, 6.45) is 26.8. The van der Waals surface area contributed by atoms with E-state index in [-0.39, 0.29) is 0 Å². The molecule has 4 N–H and O–H groups in total. The van der Waals surface area contributed by atoms with Crippen LogP contribution in [0.5, 0.6) is 0 Å². The molecule has 0 spiro atoms. The molecule has 0 radical (unpaired) electrons. The fraction of sp³-hybridized carbons (Fsp3) is 0.897. The van der Waals surface area contributed by atoms with Crippen LogP contribution in [-0.4, -0.2) is 79.6 Å². The van der Waals surface area contributed by atoms with Gasteiger partial charge in [-0.05, 0) is 51.4 Å². The molecule has 0 aliphatic carbocycles. The zero-order valence-corrected chi connectivity index (χ0v) is 37.5. The van der Waals surface area contributed by atoms with Gasteiger partial charge in [-0.3, -0.25) is 11.5 Å². The van der Waals surface area contributed by atoms with Crippen molar-refractivity contribution in [3.8, 4) is 25.0 Å². The molecule has 16 nitrogen and oxygen atoms in total. The van der Waals surface area contributed by atoms with Crippen LogP contribution in [0.1, 0.15) is 158 Å². The van der Waals surface area contributed by atoms with Crippen molar-refractivity contribution < 1.29 is 57.5 Å². The molecule has 0 saturated heterocycles. The van der Waals surface area contributed by atoms with Crippen molar-refractivity contribution in [2.24, 2.45) is 11.5 Å². The predicted molar refractivity (Wildman–Crippen MR) is 206 cm³/mol. The number of unbranched alkanes of at least 4 members (excludes halogenated alkanes) is 8. The maximum atomic E-state index is 8.59. The monoisotopic (exact) mass is 839 g/mol. The number of rotatable bonds is 30. The topological polar surface area (TPSA) is 264 Å². The molecule has 0 aromatic carbocycles. The van der Waals surface area contributed by atoms with Crippen LogP contribution in [0.2, 0.25) is 0 Å². The number of hydrogen-bond donors (Lipinski definition) is 2. The molecular formula is C39H78CrN8O8. The molecule has 0 amide bonds.